The molecule has 0 aliphatic rings. The molecule has 0 amide bonds. The normalized spacial score (nSPS) is 13.2. The summed E-state index contributed by atoms with van der Waals surface area (Å²) < 4.78 is 60.7. The van der Waals surface area contributed by atoms with E-state index in [1.165, 1.54) is 6.07 Å². The average molecular weight is 316 g/mol. The minimum absolute atomic E-state index is 0.0767. The third-order valence-corrected chi connectivity index (χ3v) is 5.54. The van der Waals surface area contributed by atoms with Crippen LogP contribution in [0.1, 0.15) is 12.5 Å². The van der Waals surface area contributed by atoms with Gasteiger partial charge in [0.2, 0.25) is 0 Å². The third kappa shape index (κ3) is 4.75. The van der Waals surface area contributed by atoms with Crippen LogP contribution in [0.4, 0.5) is 13.2 Å². The van der Waals surface area contributed by atoms with E-state index in [-0.39, 0.29) is 4.21 Å². The third-order valence-electron chi connectivity index (χ3n) is 2.28. The fourth-order valence-electron chi connectivity index (χ4n) is 1.34. The number of rotatable bonds is 6. The number of sulfonamides is 1. The van der Waals surface area contributed by atoms with Crippen molar-refractivity contribution in [2.75, 3.05) is 20.1 Å². The molecular formula is C10H15F3N2O2S2. The van der Waals surface area contributed by atoms with E-state index >= 15 is 0 Å². The lowest BCUT2D eigenvalue weighted by atomic mass is 10.3. The van der Waals surface area contributed by atoms with Crippen molar-refractivity contribution in [3.8, 4) is 0 Å². The van der Waals surface area contributed by atoms with Gasteiger partial charge in [0.05, 0.1) is 0 Å². The van der Waals surface area contributed by atoms with Gasteiger partial charge in [-0.05, 0) is 23.6 Å². The fraction of sp³-hybridized carbons (Fsp3) is 0.600. The molecule has 1 aromatic rings. The molecule has 0 fully saturated rings. The van der Waals surface area contributed by atoms with Crippen LogP contribution in [0.25, 0.3) is 0 Å². The zero-order valence-corrected chi connectivity index (χ0v) is 12.1. The topological polar surface area (TPSA) is 49.4 Å². The molecule has 0 saturated carbocycles. The summed E-state index contributed by atoms with van der Waals surface area (Å²) in [7, 11) is -3.15. The minimum atomic E-state index is -4.55. The Labute approximate surface area is 114 Å². The van der Waals surface area contributed by atoms with E-state index in [0.29, 0.717) is 10.8 Å². The maximum atomic E-state index is 12.2. The molecular weight excluding hydrogens is 301 g/mol. The van der Waals surface area contributed by atoms with Crippen molar-refractivity contribution < 1.29 is 21.6 Å². The van der Waals surface area contributed by atoms with Crippen LogP contribution in [0.3, 0.4) is 0 Å². The maximum Gasteiger partial charge on any atom is 0.402 e. The molecule has 0 saturated heterocycles. The first-order valence-corrected chi connectivity index (χ1v) is 7.80. The van der Waals surface area contributed by atoms with E-state index in [9.17, 15) is 21.6 Å². The fourth-order valence-corrected chi connectivity index (χ4v) is 3.92. The Morgan fingerprint density at radius 2 is 2.05 bits per heavy atom. The van der Waals surface area contributed by atoms with Crippen LogP contribution in [-0.2, 0) is 16.6 Å². The standard InChI is InChI=1S/C10H15F3N2O2S2/c1-3-14-5-8-4-9(18-6-8)19(16,17)15(2)7-10(11,12)13/h4,6,14H,3,5,7H2,1-2H3. The second-order valence-electron chi connectivity index (χ2n) is 3.93. The summed E-state index contributed by atoms with van der Waals surface area (Å²) in [5.41, 5.74) is 0.742. The number of nitrogens with one attached hydrogen (secondary N) is 1. The highest BCUT2D eigenvalue weighted by atomic mass is 32.2. The quantitative estimate of drug-likeness (QED) is 0.874. The molecule has 0 spiro atoms. The van der Waals surface area contributed by atoms with Crippen LogP contribution in [-0.4, -0.2) is 39.0 Å². The summed E-state index contributed by atoms with van der Waals surface area (Å²) in [6, 6.07) is 1.40. The molecule has 19 heavy (non-hydrogen) atoms. The number of hydrogen-bond acceptors (Lipinski definition) is 4. The Morgan fingerprint density at radius 3 is 2.58 bits per heavy atom. The van der Waals surface area contributed by atoms with Gasteiger partial charge in [-0.3, -0.25) is 0 Å². The smallest absolute Gasteiger partial charge is 0.313 e. The summed E-state index contributed by atoms with van der Waals surface area (Å²) in [6.07, 6.45) is -4.55. The molecule has 0 aliphatic carbocycles. The highest BCUT2D eigenvalue weighted by Crippen LogP contribution is 2.25. The van der Waals surface area contributed by atoms with E-state index in [0.717, 1.165) is 30.5 Å². The first-order valence-electron chi connectivity index (χ1n) is 5.48. The molecule has 0 unspecified atom stereocenters. The van der Waals surface area contributed by atoms with Crippen LogP contribution in [0.2, 0.25) is 0 Å². The van der Waals surface area contributed by atoms with E-state index < -0.39 is 22.7 Å². The van der Waals surface area contributed by atoms with E-state index in [1.807, 2.05) is 6.92 Å². The second kappa shape index (κ2) is 6.21. The molecule has 0 aliphatic heterocycles. The largest absolute Gasteiger partial charge is 0.402 e. The number of halogens is 3. The van der Waals surface area contributed by atoms with Crippen LogP contribution in [0.5, 0.6) is 0 Å². The van der Waals surface area contributed by atoms with Gasteiger partial charge < -0.3 is 5.32 Å². The monoisotopic (exact) mass is 316 g/mol. The van der Waals surface area contributed by atoms with Gasteiger partial charge in [-0.25, -0.2) is 8.42 Å². The molecule has 1 N–H and O–H groups in total. The zero-order valence-electron chi connectivity index (χ0n) is 10.5. The summed E-state index contributed by atoms with van der Waals surface area (Å²) in [5, 5.41) is 4.64. The molecule has 9 heteroatoms. The highest BCUT2D eigenvalue weighted by molar-refractivity contribution is 7.91. The number of hydrogen-bond donors (Lipinski definition) is 1. The van der Waals surface area contributed by atoms with Gasteiger partial charge in [-0.1, -0.05) is 6.92 Å². The Balaban J connectivity index is 2.85. The van der Waals surface area contributed by atoms with Crippen molar-refractivity contribution in [2.24, 2.45) is 0 Å². The van der Waals surface area contributed by atoms with Crippen molar-refractivity contribution in [1.29, 1.82) is 0 Å². The zero-order chi connectivity index (χ0) is 14.7. The number of alkyl halides is 3. The van der Waals surface area contributed by atoms with Gasteiger partial charge in [-0.15, -0.1) is 11.3 Å². The van der Waals surface area contributed by atoms with Crippen LogP contribution in [0.15, 0.2) is 15.7 Å². The molecule has 110 valence electrons. The van der Waals surface area contributed by atoms with Gasteiger partial charge in [0.1, 0.15) is 10.8 Å². The lowest BCUT2D eigenvalue weighted by Crippen LogP contribution is -2.35. The molecule has 0 atom stereocenters. The minimum Gasteiger partial charge on any atom is -0.313 e. The number of nitrogens with zero attached hydrogens (tertiary/aromatic N) is 1. The Kier molecular flexibility index (Phi) is 5.36. The van der Waals surface area contributed by atoms with Crippen molar-refractivity contribution in [3.05, 3.63) is 17.0 Å². The SMILES string of the molecule is CCNCc1csc(S(=O)(=O)N(C)CC(F)(F)F)c1. The summed E-state index contributed by atoms with van der Waals surface area (Å²) in [6.45, 7) is 1.63. The Hall–Kier alpha value is -0.640. The van der Waals surface area contributed by atoms with E-state index in [4.69, 9.17) is 0 Å². The van der Waals surface area contributed by atoms with Crippen LogP contribution >= 0.6 is 11.3 Å². The van der Waals surface area contributed by atoms with Gasteiger partial charge in [-0.2, -0.15) is 17.5 Å². The maximum absolute atomic E-state index is 12.2. The second-order valence-corrected chi connectivity index (χ2v) is 7.11. The Bertz CT molecular complexity index is 511. The van der Waals surface area contributed by atoms with Gasteiger partial charge in [0.25, 0.3) is 10.0 Å². The number of thiophene rings is 1. The molecule has 1 rings (SSSR count). The van der Waals surface area contributed by atoms with Crippen molar-refractivity contribution >= 4 is 21.4 Å². The summed E-state index contributed by atoms with van der Waals surface area (Å²) >= 11 is 0.924. The lowest BCUT2D eigenvalue weighted by Gasteiger charge is -2.17. The van der Waals surface area contributed by atoms with Crippen molar-refractivity contribution in [1.82, 2.24) is 9.62 Å². The molecule has 4 nitrogen and oxygen atoms in total. The van der Waals surface area contributed by atoms with Crippen molar-refractivity contribution in [2.45, 2.75) is 23.9 Å². The molecule has 1 aromatic heterocycles. The average Bonchev–Trinajstić information content (AvgIpc) is 2.73. The van der Waals surface area contributed by atoms with E-state index in [1.54, 1.807) is 5.38 Å². The predicted molar refractivity (Wildman–Crippen MR) is 67.6 cm³/mol. The van der Waals surface area contributed by atoms with Gasteiger partial charge in [0.15, 0.2) is 0 Å². The van der Waals surface area contributed by atoms with Crippen molar-refractivity contribution in [3.63, 3.8) is 0 Å². The highest BCUT2D eigenvalue weighted by Gasteiger charge is 2.35. The first-order chi connectivity index (χ1) is 8.66. The summed E-state index contributed by atoms with van der Waals surface area (Å²) in [4.78, 5) is 0. The Morgan fingerprint density at radius 1 is 1.42 bits per heavy atom. The van der Waals surface area contributed by atoms with Gasteiger partial charge in [0, 0.05) is 13.6 Å². The molecule has 0 aromatic carbocycles. The van der Waals surface area contributed by atoms with E-state index in [2.05, 4.69) is 5.32 Å². The van der Waals surface area contributed by atoms with Crippen LogP contribution in [0, 0.1) is 0 Å². The molecule has 1 heterocycles. The van der Waals surface area contributed by atoms with Gasteiger partial charge >= 0.3 is 6.18 Å². The molecule has 0 bridgehead atoms. The summed E-state index contributed by atoms with van der Waals surface area (Å²) in [5.74, 6) is 0. The first kappa shape index (κ1) is 16.4. The molecule has 0 radical (unpaired) electrons. The lowest BCUT2D eigenvalue weighted by molar-refractivity contribution is -0.134. The van der Waals surface area contributed by atoms with Crippen LogP contribution < -0.4 is 5.32 Å². The predicted octanol–water partition coefficient (Wildman–Crippen LogP) is 2.04.